The number of rotatable bonds is 8. The Morgan fingerprint density at radius 2 is 1.85 bits per heavy atom. The van der Waals surface area contributed by atoms with E-state index in [1.165, 1.54) is 12.1 Å². The van der Waals surface area contributed by atoms with Gasteiger partial charge in [-0.2, -0.15) is 0 Å². The second-order valence-corrected chi connectivity index (χ2v) is 6.19. The number of aliphatic imine (C=N–C) groups is 1. The molecule has 0 aliphatic carbocycles. The van der Waals surface area contributed by atoms with E-state index in [9.17, 15) is 0 Å². The summed E-state index contributed by atoms with van der Waals surface area (Å²) in [6, 6.07) is 10.7. The van der Waals surface area contributed by atoms with Crippen molar-refractivity contribution in [2.24, 2.45) is 4.99 Å². The fourth-order valence-electron chi connectivity index (χ4n) is 2.98. The number of anilines is 1. The van der Waals surface area contributed by atoms with E-state index in [4.69, 9.17) is 6.42 Å². The van der Waals surface area contributed by atoms with Gasteiger partial charge in [0.2, 0.25) is 0 Å². The molecule has 1 aromatic carbocycles. The number of para-hydroxylation sites is 1. The van der Waals surface area contributed by atoms with E-state index in [0.717, 1.165) is 58.2 Å². The SMILES string of the molecule is C#CCNC(=NCCCCN1CCN(c2ccccc2)CC1)NCC.I. The summed E-state index contributed by atoms with van der Waals surface area (Å²) >= 11 is 0. The Balaban J connectivity index is 0.00000338. The van der Waals surface area contributed by atoms with Gasteiger partial charge in [0.05, 0.1) is 6.54 Å². The molecule has 1 saturated heterocycles. The number of nitrogens with zero attached hydrogens (tertiary/aromatic N) is 3. The molecule has 2 N–H and O–H groups in total. The molecule has 0 unspecified atom stereocenters. The van der Waals surface area contributed by atoms with Crippen LogP contribution < -0.4 is 15.5 Å². The third-order valence-corrected chi connectivity index (χ3v) is 4.35. The van der Waals surface area contributed by atoms with Crippen molar-refractivity contribution >= 4 is 35.6 Å². The minimum Gasteiger partial charge on any atom is -0.369 e. The average Bonchev–Trinajstić information content (AvgIpc) is 2.67. The number of piperazine rings is 1. The van der Waals surface area contributed by atoms with E-state index in [1.54, 1.807) is 0 Å². The average molecular weight is 469 g/mol. The zero-order valence-corrected chi connectivity index (χ0v) is 18.1. The van der Waals surface area contributed by atoms with Crippen molar-refractivity contribution < 1.29 is 0 Å². The molecule has 26 heavy (non-hydrogen) atoms. The topological polar surface area (TPSA) is 42.9 Å². The Kier molecular flexibility index (Phi) is 11.9. The molecular formula is C20H32IN5. The quantitative estimate of drug-likeness (QED) is 0.202. The van der Waals surface area contributed by atoms with E-state index in [-0.39, 0.29) is 24.0 Å². The molecule has 0 aromatic heterocycles. The van der Waals surface area contributed by atoms with Crippen LogP contribution in [0.4, 0.5) is 5.69 Å². The van der Waals surface area contributed by atoms with Crippen LogP contribution in [-0.4, -0.2) is 63.2 Å². The summed E-state index contributed by atoms with van der Waals surface area (Å²) in [7, 11) is 0. The molecule has 0 bridgehead atoms. The number of hydrogen-bond acceptors (Lipinski definition) is 3. The van der Waals surface area contributed by atoms with Crippen LogP contribution in [0.25, 0.3) is 0 Å². The van der Waals surface area contributed by atoms with Crippen LogP contribution in [0, 0.1) is 12.3 Å². The predicted molar refractivity (Wildman–Crippen MR) is 123 cm³/mol. The number of guanidine groups is 1. The van der Waals surface area contributed by atoms with Gasteiger partial charge in [0.25, 0.3) is 0 Å². The molecule has 5 nitrogen and oxygen atoms in total. The summed E-state index contributed by atoms with van der Waals surface area (Å²) in [4.78, 5) is 9.59. The number of hydrogen-bond donors (Lipinski definition) is 2. The maximum absolute atomic E-state index is 5.27. The number of benzene rings is 1. The van der Waals surface area contributed by atoms with Gasteiger partial charge >= 0.3 is 0 Å². The van der Waals surface area contributed by atoms with E-state index >= 15 is 0 Å². The maximum Gasteiger partial charge on any atom is 0.192 e. The molecule has 1 fully saturated rings. The summed E-state index contributed by atoms with van der Waals surface area (Å²) < 4.78 is 0. The van der Waals surface area contributed by atoms with Gasteiger partial charge in [-0.3, -0.25) is 9.89 Å². The monoisotopic (exact) mass is 469 g/mol. The Morgan fingerprint density at radius 3 is 2.50 bits per heavy atom. The van der Waals surface area contributed by atoms with Gasteiger partial charge in [-0.15, -0.1) is 30.4 Å². The number of nitrogens with one attached hydrogen (secondary N) is 2. The van der Waals surface area contributed by atoms with Crippen LogP contribution in [0.15, 0.2) is 35.3 Å². The first kappa shape index (κ1) is 22.6. The first-order valence-corrected chi connectivity index (χ1v) is 9.31. The van der Waals surface area contributed by atoms with Gasteiger partial charge < -0.3 is 15.5 Å². The zero-order valence-electron chi connectivity index (χ0n) is 15.8. The summed E-state index contributed by atoms with van der Waals surface area (Å²) in [6.07, 6.45) is 7.56. The Labute approximate surface area is 175 Å². The highest BCUT2D eigenvalue weighted by Crippen LogP contribution is 2.15. The molecule has 1 aliphatic heterocycles. The van der Waals surface area contributed by atoms with E-state index in [1.807, 2.05) is 0 Å². The molecular weight excluding hydrogens is 437 g/mol. The molecule has 144 valence electrons. The Bertz CT molecular complexity index is 547. The van der Waals surface area contributed by atoms with Crippen LogP contribution in [0.3, 0.4) is 0 Å². The zero-order chi connectivity index (χ0) is 17.7. The lowest BCUT2D eigenvalue weighted by Crippen LogP contribution is -2.46. The Morgan fingerprint density at radius 1 is 1.12 bits per heavy atom. The predicted octanol–water partition coefficient (Wildman–Crippen LogP) is 2.40. The summed E-state index contributed by atoms with van der Waals surface area (Å²) in [5.74, 6) is 3.39. The highest BCUT2D eigenvalue weighted by molar-refractivity contribution is 14.0. The highest BCUT2D eigenvalue weighted by Gasteiger charge is 2.16. The van der Waals surface area contributed by atoms with Crippen LogP contribution in [-0.2, 0) is 0 Å². The van der Waals surface area contributed by atoms with E-state index in [2.05, 4.69) is 68.6 Å². The lowest BCUT2D eigenvalue weighted by molar-refractivity contribution is 0.253. The molecule has 0 spiro atoms. The van der Waals surface area contributed by atoms with Crippen LogP contribution >= 0.6 is 24.0 Å². The van der Waals surface area contributed by atoms with E-state index < -0.39 is 0 Å². The van der Waals surface area contributed by atoms with Gasteiger partial charge in [0, 0.05) is 45.0 Å². The Hall–Kier alpha value is -1.46. The molecule has 0 amide bonds. The number of halogens is 1. The second-order valence-electron chi connectivity index (χ2n) is 6.19. The smallest absolute Gasteiger partial charge is 0.192 e. The van der Waals surface area contributed by atoms with Crippen molar-refractivity contribution in [1.29, 1.82) is 0 Å². The lowest BCUT2D eigenvalue weighted by Gasteiger charge is -2.36. The summed E-state index contributed by atoms with van der Waals surface area (Å²) in [5, 5.41) is 6.32. The van der Waals surface area contributed by atoms with Crippen LogP contribution in [0.5, 0.6) is 0 Å². The molecule has 0 saturated carbocycles. The van der Waals surface area contributed by atoms with Crippen LogP contribution in [0.1, 0.15) is 19.8 Å². The maximum atomic E-state index is 5.27. The first-order valence-electron chi connectivity index (χ1n) is 9.31. The van der Waals surface area contributed by atoms with Crippen molar-refractivity contribution in [2.45, 2.75) is 19.8 Å². The van der Waals surface area contributed by atoms with Crippen molar-refractivity contribution in [2.75, 3.05) is 57.3 Å². The molecule has 2 rings (SSSR count). The van der Waals surface area contributed by atoms with Gasteiger partial charge in [-0.1, -0.05) is 24.1 Å². The molecule has 1 aromatic rings. The van der Waals surface area contributed by atoms with Gasteiger partial charge in [0.1, 0.15) is 0 Å². The summed E-state index contributed by atoms with van der Waals surface area (Å²) in [5.41, 5.74) is 1.34. The number of terminal acetylenes is 1. The van der Waals surface area contributed by atoms with Crippen molar-refractivity contribution in [3.05, 3.63) is 30.3 Å². The molecule has 0 atom stereocenters. The molecule has 1 aliphatic rings. The molecule has 1 heterocycles. The third-order valence-electron chi connectivity index (χ3n) is 4.35. The van der Waals surface area contributed by atoms with Crippen molar-refractivity contribution in [3.8, 4) is 12.3 Å². The minimum atomic E-state index is 0. The van der Waals surface area contributed by atoms with Gasteiger partial charge in [-0.05, 0) is 38.4 Å². The van der Waals surface area contributed by atoms with Crippen LogP contribution in [0.2, 0.25) is 0 Å². The molecule has 0 radical (unpaired) electrons. The normalized spacial score (nSPS) is 15.1. The van der Waals surface area contributed by atoms with Gasteiger partial charge in [-0.25, -0.2) is 0 Å². The minimum absolute atomic E-state index is 0. The van der Waals surface area contributed by atoms with E-state index in [0.29, 0.717) is 6.54 Å². The van der Waals surface area contributed by atoms with Crippen molar-refractivity contribution in [3.63, 3.8) is 0 Å². The first-order chi connectivity index (χ1) is 12.3. The fraction of sp³-hybridized carbons (Fsp3) is 0.550. The fourth-order valence-corrected chi connectivity index (χ4v) is 2.98. The third kappa shape index (κ3) is 8.28. The lowest BCUT2D eigenvalue weighted by atomic mass is 10.2. The number of unbranched alkanes of at least 4 members (excludes halogenated alkanes) is 1. The van der Waals surface area contributed by atoms with Gasteiger partial charge in [0.15, 0.2) is 5.96 Å². The van der Waals surface area contributed by atoms with Crippen molar-refractivity contribution in [1.82, 2.24) is 15.5 Å². The molecule has 6 heteroatoms. The largest absolute Gasteiger partial charge is 0.369 e. The summed E-state index contributed by atoms with van der Waals surface area (Å²) in [6.45, 7) is 9.93. The second kappa shape index (κ2) is 13.7. The highest BCUT2D eigenvalue weighted by atomic mass is 127. The standard InChI is InChI=1S/C20H31N5.HI/c1-3-12-22-20(21-4-2)23-13-8-9-14-24-15-17-25(18-16-24)19-10-6-5-7-11-19;/h1,5-7,10-11H,4,8-9,12-18H2,2H3,(H2,21,22,23);1H.